The maximum Gasteiger partial charge on any atom is 0.274 e. The first-order valence-electron chi connectivity index (χ1n) is 9.74. The molecule has 7 heteroatoms. The molecule has 0 atom stereocenters. The Bertz CT molecular complexity index is 957. The molecule has 3 rings (SSSR count). The maximum atomic E-state index is 12.7. The second-order valence-electron chi connectivity index (χ2n) is 6.57. The first-order chi connectivity index (χ1) is 14.1. The van der Waals surface area contributed by atoms with Crippen LogP contribution in [-0.4, -0.2) is 33.9 Å². The van der Waals surface area contributed by atoms with Crippen LogP contribution in [0.1, 0.15) is 35.6 Å². The van der Waals surface area contributed by atoms with E-state index >= 15 is 0 Å². The van der Waals surface area contributed by atoms with Gasteiger partial charge in [0.15, 0.2) is 0 Å². The first-order valence-corrected chi connectivity index (χ1v) is 9.74. The molecular weight excluding hydrogens is 364 g/mol. The Morgan fingerprint density at radius 1 is 1.03 bits per heavy atom. The minimum Gasteiger partial charge on any atom is -0.372 e. The van der Waals surface area contributed by atoms with Gasteiger partial charge < -0.3 is 15.5 Å². The zero-order valence-corrected chi connectivity index (χ0v) is 17.0. The third-order valence-electron chi connectivity index (χ3n) is 4.63. The Kier molecular flexibility index (Phi) is 6.73. The van der Waals surface area contributed by atoms with Crippen LogP contribution in [0.2, 0.25) is 0 Å². The van der Waals surface area contributed by atoms with E-state index in [1.54, 1.807) is 18.5 Å². The van der Waals surface area contributed by atoms with E-state index in [0.717, 1.165) is 35.7 Å². The molecule has 0 saturated heterocycles. The minimum atomic E-state index is -0.271. The Labute approximate surface area is 171 Å². The Balaban J connectivity index is 1.68. The molecule has 0 aliphatic heterocycles. The van der Waals surface area contributed by atoms with Crippen LogP contribution in [0.15, 0.2) is 54.9 Å². The lowest BCUT2D eigenvalue weighted by atomic mass is 10.1. The van der Waals surface area contributed by atoms with Crippen molar-refractivity contribution in [3.63, 3.8) is 0 Å². The lowest BCUT2D eigenvalue weighted by Crippen LogP contribution is -2.22. The molecule has 1 aromatic carbocycles. The standard InChI is InChI=1S/C22H26N6O/c1-4-28(5-2)18-9-10-19(16(3)14-18)26-21(29)20-11-13-24-22(27-20)25-15-17-8-6-7-12-23-17/h6-14H,4-5,15H2,1-3H3,(H,26,29)(H,24,25,27). The van der Waals surface area contributed by atoms with Gasteiger partial charge in [0.1, 0.15) is 5.69 Å². The van der Waals surface area contributed by atoms with Crippen LogP contribution in [0, 0.1) is 6.92 Å². The van der Waals surface area contributed by atoms with Crippen LogP contribution in [0.4, 0.5) is 17.3 Å². The van der Waals surface area contributed by atoms with Crippen molar-refractivity contribution in [1.29, 1.82) is 0 Å². The Morgan fingerprint density at radius 3 is 2.55 bits per heavy atom. The molecule has 0 spiro atoms. The van der Waals surface area contributed by atoms with Crippen molar-refractivity contribution >= 4 is 23.2 Å². The predicted octanol–water partition coefficient (Wildman–Crippen LogP) is 3.89. The molecule has 2 heterocycles. The normalized spacial score (nSPS) is 10.4. The molecule has 29 heavy (non-hydrogen) atoms. The molecule has 0 aliphatic carbocycles. The van der Waals surface area contributed by atoms with Crippen molar-refractivity contribution < 1.29 is 4.79 Å². The largest absolute Gasteiger partial charge is 0.372 e. The monoisotopic (exact) mass is 390 g/mol. The average Bonchev–Trinajstić information content (AvgIpc) is 2.76. The lowest BCUT2D eigenvalue weighted by molar-refractivity contribution is 0.102. The molecule has 0 aliphatic rings. The topological polar surface area (TPSA) is 83.0 Å². The molecule has 0 bridgehead atoms. The molecule has 2 N–H and O–H groups in total. The van der Waals surface area contributed by atoms with E-state index in [9.17, 15) is 4.79 Å². The van der Waals surface area contributed by atoms with Crippen molar-refractivity contribution in [2.45, 2.75) is 27.3 Å². The fraction of sp³-hybridized carbons (Fsp3) is 0.273. The van der Waals surface area contributed by atoms with Crippen molar-refractivity contribution in [3.05, 3.63) is 71.8 Å². The molecule has 0 saturated carbocycles. The van der Waals surface area contributed by atoms with E-state index in [-0.39, 0.29) is 5.91 Å². The van der Waals surface area contributed by atoms with Gasteiger partial charge in [0.05, 0.1) is 12.2 Å². The van der Waals surface area contributed by atoms with Crippen LogP contribution in [-0.2, 0) is 6.54 Å². The van der Waals surface area contributed by atoms with Gasteiger partial charge in [-0.15, -0.1) is 0 Å². The van der Waals surface area contributed by atoms with Gasteiger partial charge >= 0.3 is 0 Å². The summed E-state index contributed by atoms with van der Waals surface area (Å²) in [6.45, 7) is 8.61. The summed E-state index contributed by atoms with van der Waals surface area (Å²) in [4.78, 5) is 27.7. The third-order valence-corrected chi connectivity index (χ3v) is 4.63. The number of amides is 1. The summed E-state index contributed by atoms with van der Waals surface area (Å²) in [5.41, 5.74) is 4.09. The smallest absolute Gasteiger partial charge is 0.274 e. The summed E-state index contributed by atoms with van der Waals surface area (Å²) in [5, 5.41) is 6.04. The second-order valence-corrected chi connectivity index (χ2v) is 6.57. The predicted molar refractivity (Wildman–Crippen MR) is 116 cm³/mol. The van der Waals surface area contributed by atoms with Crippen LogP contribution < -0.4 is 15.5 Å². The van der Waals surface area contributed by atoms with Gasteiger partial charge in [-0.2, -0.15) is 0 Å². The van der Waals surface area contributed by atoms with Gasteiger partial charge in [0.25, 0.3) is 5.91 Å². The Hall–Kier alpha value is -3.48. The molecule has 0 fully saturated rings. The number of anilines is 3. The van der Waals surface area contributed by atoms with Crippen molar-refractivity contribution in [2.75, 3.05) is 28.6 Å². The number of hydrogen-bond acceptors (Lipinski definition) is 6. The molecule has 0 radical (unpaired) electrons. The van der Waals surface area contributed by atoms with E-state index in [1.807, 2.05) is 37.3 Å². The summed E-state index contributed by atoms with van der Waals surface area (Å²) in [5.74, 6) is 0.115. The van der Waals surface area contributed by atoms with Gasteiger partial charge in [-0.05, 0) is 62.7 Å². The fourth-order valence-electron chi connectivity index (χ4n) is 3.00. The van der Waals surface area contributed by atoms with E-state index in [4.69, 9.17) is 0 Å². The number of aromatic nitrogens is 3. The number of aryl methyl sites for hydroxylation is 1. The van der Waals surface area contributed by atoms with Crippen LogP contribution in [0.25, 0.3) is 0 Å². The van der Waals surface area contributed by atoms with Crippen molar-refractivity contribution in [3.8, 4) is 0 Å². The summed E-state index contributed by atoms with van der Waals surface area (Å²) < 4.78 is 0. The molecule has 150 valence electrons. The number of rotatable bonds is 8. The highest BCUT2D eigenvalue weighted by Gasteiger charge is 2.12. The van der Waals surface area contributed by atoms with E-state index in [1.165, 1.54) is 0 Å². The third kappa shape index (κ3) is 5.28. The van der Waals surface area contributed by atoms with Gasteiger partial charge in [0.2, 0.25) is 5.95 Å². The SMILES string of the molecule is CCN(CC)c1ccc(NC(=O)c2ccnc(NCc3ccccn3)n2)c(C)c1. The number of nitrogens with one attached hydrogen (secondary N) is 2. The second kappa shape index (κ2) is 9.64. The zero-order chi connectivity index (χ0) is 20.6. The zero-order valence-electron chi connectivity index (χ0n) is 17.0. The summed E-state index contributed by atoms with van der Waals surface area (Å²) in [7, 11) is 0. The first kappa shape index (κ1) is 20.3. The number of pyridine rings is 1. The van der Waals surface area contributed by atoms with Crippen LogP contribution in [0.3, 0.4) is 0 Å². The quantitative estimate of drug-likeness (QED) is 0.607. The number of carbonyl (C=O) groups excluding carboxylic acids is 1. The molecule has 7 nitrogen and oxygen atoms in total. The molecule has 3 aromatic rings. The Morgan fingerprint density at radius 2 is 1.86 bits per heavy atom. The number of carbonyl (C=O) groups is 1. The number of hydrogen-bond donors (Lipinski definition) is 2. The molecular formula is C22H26N6O. The highest BCUT2D eigenvalue weighted by molar-refractivity contribution is 6.03. The molecule has 0 unspecified atom stereocenters. The van der Waals surface area contributed by atoms with Crippen LogP contribution >= 0.6 is 0 Å². The van der Waals surface area contributed by atoms with Crippen molar-refractivity contribution in [1.82, 2.24) is 15.0 Å². The molecule has 1 amide bonds. The van der Waals surface area contributed by atoms with Crippen LogP contribution in [0.5, 0.6) is 0 Å². The van der Waals surface area contributed by atoms with E-state index in [0.29, 0.717) is 18.2 Å². The fourth-order valence-corrected chi connectivity index (χ4v) is 3.00. The summed E-state index contributed by atoms with van der Waals surface area (Å²) in [6.07, 6.45) is 3.30. The number of benzene rings is 1. The minimum absolute atomic E-state index is 0.271. The van der Waals surface area contributed by atoms with Gasteiger partial charge in [-0.25, -0.2) is 9.97 Å². The van der Waals surface area contributed by atoms with E-state index in [2.05, 4.69) is 50.4 Å². The molecule has 2 aromatic heterocycles. The maximum absolute atomic E-state index is 12.7. The summed E-state index contributed by atoms with van der Waals surface area (Å²) in [6, 6.07) is 13.3. The number of nitrogens with zero attached hydrogens (tertiary/aromatic N) is 4. The highest BCUT2D eigenvalue weighted by atomic mass is 16.1. The van der Waals surface area contributed by atoms with Gasteiger partial charge in [-0.1, -0.05) is 6.07 Å². The summed E-state index contributed by atoms with van der Waals surface area (Å²) >= 11 is 0. The van der Waals surface area contributed by atoms with E-state index < -0.39 is 0 Å². The highest BCUT2D eigenvalue weighted by Crippen LogP contribution is 2.23. The lowest BCUT2D eigenvalue weighted by Gasteiger charge is -2.22. The average molecular weight is 390 g/mol. The van der Waals surface area contributed by atoms with Crippen molar-refractivity contribution in [2.24, 2.45) is 0 Å². The van der Waals surface area contributed by atoms with Gasteiger partial charge in [-0.3, -0.25) is 9.78 Å². The van der Waals surface area contributed by atoms with Gasteiger partial charge in [0, 0.05) is 36.9 Å².